The summed E-state index contributed by atoms with van der Waals surface area (Å²) in [6, 6.07) is 11.1. The van der Waals surface area contributed by atoms with E-state index < -0.39 is 31.0 Å². The Morgan fingerprint density at radius 1 is 1.00 bits per heavy atom. The smallest absolute Gasteiger partial charge is 0.183 e. The van der Waals surface area contributed by atoms with Gasteiger partial charge in [-0.2, -0.15) is 0 Å². The van der Waals surface area contributed by atoms with E-state index in [-0.39, 0.29) is 16.4 Å². The van der Waals surface area contributed by atoms with Gasteiger partial charge in [0.15, 0.2) is 31.2 Å². The minimum absolute atomic E-state index is 0.142. The third-order valence-corrected chi connectivity index (χ3v) is 9.23. The molecule has 1 N–H and O–H groups in total. The first kappa shape index (κ1) is 21.6. The van der Waals surface area contributed by atoms with Crippen LogP contribution in [0, 0.1) is 6.92 Å². The standard InChI is InChI=1S/C20H25NO6S2/c1-14-4-7-16(8-5-14)29(24,25)20-13-28(22,23)12-17(20)21-11-15-6-9-18(26-2)19(10-15)27-3/h4-10,17,20-21H,11-13H2,1-3H3/t17-,20-/m0/s1. The molecule has 1 heterocycles. The first-order chi connectivity index (χ1) is 13.7. The number of benzene rings is 2. The highest BCUT2D eigenvalue weighted by Crippen LogP contribution is 2.29. The maximum Gasteiger partial charge on any atom is 0.183 e. The molecule has 0 spiro atoms. The highest BCUT2D eigenvalue weighted by atomic mass is 32.2. The van der Waals surface area contributed by atoms with E-state index in [2.05, 4.69) is 5.32 Å². The lowest BCUT2D eigenvalue weighted by Crippen LogP contribution is -2.43. The summed E-state index contributed by atoms with van der Waals surface area (Å²) >= 11 is 0. The Morgan fingerprint density at radius 2 is 1.66 bits per heavy atom. The first-order valence-corrected chi connectivity index (χ1v) is 12.5. The zero-order valence-corrected chi connectivity index (χ0v) is 18.2. The minimum Gasteiger partial charge on any atom is -0.493 e. The summed E-state index contributed by atoms with van der Waals surface area (Å²) < 4.78 is 61.2. The van der Waals surface area contributed by atoms with Gasteiger partial charge < -0.3 is 14.8 Å². The number of ether oxygens (including phenoxy) is 2. The summed E-state index contributed by atoms with van der Waals surface area (Å²) in [4.78, 5) is 0.142. The van der Waals surface area contributed by atoms with Gasteiger partial charge in [0.2, 0.25) is 0 Å². The van der Waals surface area contributed by atoms with E-state index in [0.717, 1.165) is 11.1 Å². The molecule has 2 atom stereocenters. The van der Waals surface area contributed by atoms with Crippen molar-refractivity contribution in [3.05, 3.63) is 53.6 Å². The van der Waals surface area contributed by atoms with E-state index in [1.807, 2.05) is 13.0 Å². The second-order valence-corrected chi connectivity index (χ2v) is 11.5. The topological polar surface area (TPSA) is 98.8 Å². The van der Waals surface area contributed by atoms with E-state index in [0.29, 0.717) is 18.0 Å². The van der Waals surface area contributed by atoms with Gasteiger partial charge in [0.1, 0.15) is 0 Å². The Balaban J connectivity index is 1.83. The van der Waals surface area contributed by atoms with Gasteiger partial charge in [0.25, 0.3) is 0 Å². The third-order valence-electron chi connectivity index (χ3n) is 5.06. The predicted octanol–water partition coefficient (Wildman–Crippen LogP) is 1.74. The first-order valence-electron chi connectivity index (χ1n) is 9.11. The molecule has 1 aliphatic rings. The van der Waals surface area contributed by atoms with Crippen LogP contribution in [0.1, 0.15) is 11.1 Å². The molecular weight excluding hydrogens is 414 g/mol. The minimum atomic E-state index is -3.79. The lowest BCUT2D eigenvalue weighted by molar-refractivity contribution is 0.354. The molecule has 1 aliphatic heterocycles. The average Bonchev–Trinajstić information content (AvgIpc) is 3.01. The molecular formula is C20H25NO6S2. The number of sulfone groups is 2. The number of methoxy groups -OCH3 is 2. The van der Waals surface area contributed by atoms with Crippen molar-refractivity contribution >= 4 is 19.7 Å². The van der Waals surface area contributed by atoms with Gasteiger partial charge in [-0.1, -0.05) is 23.8 Å². The molecule has 7 nitrogen and oxygen atoms in total. The molecule has 1 fully saturated rings. The van der Waals surface area contributed by atoms with E-state index in [4.69, 9.17) is 9.47 Å². The normalized spacial score (nSPS) is 21.1. The fraction of sp³-hybridized carbons (Fsp3) is 0.400. The summed E-state index contributed by atoms with van der Waals surface area (Å²) in [5, 5.41) is 2.09. The maximum atomic E-state index is 13.1. The van der Waals surface area contributed by atoms with Crippen LogP contribution in [0.5, 0.6) is 11.5 Å². The second kappa shape index (κ2) is 8.33. The van der Waals surface area contributed by atoms with Crippen LogP contribution in [0.3, 0.4) is 0 Å². The molecule has 2 aromatic carbocycles. The van der Waals surface area contributed by atoms with Crippen molar-refractivity contribution < 1.29 is 26.3 Å². The fourth-order valence-electron chi connectivity index (χ4n) is 3.45. The Morgan fingerprint density at radius 3 is 2.28 bits per heavy atom. The van der Waals surface area contributed by atoms with Gasteiger partial charge in [-0.25, -0.2) is 16.8 Å². The maximum absolute atomic E-state index is 13.1. The third kappa shape index (κ3) is 4.73. The molecule has 0 aliphatic carbocycles. The van der Waals surface area contributed by atoms with E-state index in [1.165, 1.54) is 19.2 Å². The number of rotatable bonds is 7. The zero-order valence-electron chi connectivity index (χ0n) is 16.6. The molecule has 0 unspecified atom stereocenters. The molecule has 2 aromatic rings. The van der Waals surface area contributed by atoms with Gasteiger partial charge in [-0.05, 0) is 36.8 Å². The Hall–Kier alpha value is -2.10. The zero-order chi connectivity index (χ0) is 21.2. The number of hydrogen-bond donors (Lipinski definition) is 1. The van der Waals surface area contributed by atoms with Crippen LogP contribution in [0.15, 0.2) is 47.4 Å². The summed E-state index contributed by atoms with van der Waals surface area (Å²) in [5.41, 5.74) is 1.77. The molecule has 0 aromatic heterocycles. The second-order valence-electron chi connectivity index (χ2n) is 7.15. The van der Waals surface area contributed by atoms with E-state index >= 15 is 0 Å². The highest BCUT2D eigenvalue weighted by molar-refractivity contribution is 7.96. The molecule has 0 radical (unpaired) electrons. The van der Waals surface area contributed by atoms with Crippen LogP contribution >= 0.6 is 0 Å². The van der Waals surface area contributed by atoms with Crippen LogP contribution in [0.25, 0.3) is 0 Å². The van der Waals surface area contributed by atoms with Crippen molar-refractivity contribution in [2.75, 3.05) is 25.7 Å². The molecule has 9 heteroatoms. The Kier molecular flexibility index (Phi) is 6.21. The Labute approximate surface area is 171 Å². The van der Waals surface area contributed by atoms with Crippen LogP contribution in [0.4, 0.5) is 0 Å². The largest absolute Gasteiger partial charge is 0.493 e. The fourth-order valence-corrected chi connectivity index (χ4v) is 8.17. The molecule has 158 valence electrons. The SMILES string of the molecule is COc1ccc(CN[C@H]2CS(=O)(=O)C[C@@H]2S(=O)(=O)c2ccc(C)cc2)cc1OC. The van der Waals surface area contributed by atoms with Crippen molar-refractivity contribution in [3.63, 3.8) is 0 Å². The van der Waals surface area contributed by atoms with Gasteiger partial charge >= 0.3 is 0 Å². The molecule has 3 rings (SSSR count). The molecule has 0 saturated carbocycles. The quantitative estimate of drug-likeness (QED) is 0.702. The van der Waals surface area contributed by atoms with E-state index in [9.17, 15) is 16.8 Å². The van der Waals surface area contributed by atoms with Crippen LogP contribution in [0.2, 0.25) is 0 Å². The predicted molar refractivity (Wildman–Crippen MR) is 111 cm³/mol. The molecule has 0 amide bonds. The van der Waals surface area contributed by atoms with E-state index in [1.54, 1.807) is 31.4 Å². The van der Waals surface area contributed by atoms with Crippen molar-refractivity contribution in [1.29, 1.82) is 0 Å². The summed E-state index contributed by atoms with van der Waals surface area (Å²) in [5.74, 6) is 0.539. The number of nitrogens with one attached hydrogen (secondary N) is 1. The molecule has 29 heavy (non-hydrogen) atoms. The number of aryl methyl sites for hydroxylation is 1. The number of hydrogen-bond acceptors (Lipinski definition) is 7. The lowest BCUT2D eigenvalue weighted by atomic mass is 10.1. The van der Waals surface area contributed by atoms with Crippen molar-refractivity contribution in [3.8, 4) is 11.5 Å². The summed E-state index contributed by atoms with van der Waals surface area (Å²) in [6.45, 7) is 2.17. The van der Waals surface area contributed by atoms with Crippen molar-refractivity contribution in [2.45, 2.75) is 29.7 Å². The van der Waals surface area contributed by atoms with Crippen molar-refractivity contribution in [1.82, 2.24) is 5.32 Å². The molecule has 1 saturated heterocycles. The summed E-state index contributed by atoms with van der Waals surface area (Å²) in [7, 11) is -4.18. The van der Waals surface area contributed by atoms with Gasteiger partial charge in [-0.3, -0.25) is 0 Å². The average molecular weight is 440 g/mol. The summed E-state index contributed by atoms with van der Waals surface area (Å²) in [6.07, 6.45) is 0. The monoisotopic (exact) mass is 439 g/mol. The van der Waals surface area contributed by atoms with Crippen molar-refractivity contribution in [2.24, 2.45) is 0 Å². The van der Waals surface area contributed by atoms with Crippen LogP contribution in [-0.2, 0) is 26.2 Å². The van der Waals surface area contributed by atoms with Crippen LogP contribution in [-0.4, -0.2) is 53.9 Å². The molecule has 0 bridgehead atoms. The van der Waals surface area contributed by atoms with Crippen LogP contribution < -0.4 is 14.8 Å². The van der Waals surface area contributed by atoms with Gasteiger partial charge in [0, 0.05) is 12.6 Å². The lowest BCUT2D eigenvalue weighted by Gasteiger charge is -2.20. The highest BCUT2D eigenvalue weighted by Gasteiger charge is 2.45. The Bertz CT molecular complexity index is 1080. The van der Waals surface area contributed by atoms with Gasteiger partial charge in [-0.15, -0.1) is 0 Å². The van der Waals surface area contributed by atoms with Gasteiger partial charge in [0.05, 0.1) is 35.9 Å².